The number of nitrogens with one attached hydrogen (secondary N) is 2. The molecule has 54 heavy (non-hydrogen) atoms. The summed E-state index contributed by atoms with van der Waals surface area (Å²) in [5, 5.41) is 12.5. The fourth-order valence-electron chi connectivity index (χ4n) is 8.20. The van der Waals surface area contributed by atoms with Crippen LogP contribution in [0.15, 0.2) is 175 Å². The summed E-state index contributed by atoms with van der Waals surface area (Å²) in [4.78, 5) is 5.35. The number of benzene rings is 7. The Morgan fingerprint density at radius 3 is 1.61 bits per heavy atom. The third-order valence-electron chi connectivity index (χ3n) is 11.0. The van der Waals surface area contributed by atoms with Gasteiger partial charge in [0.1, 0.15) is 12.3 Å². The van der Waals surface area contributed by atoms with Crippen LogP contribution in [-0.4, -0.2) is 15.1 Å². The van der Waals surface area contributed by atoms with E-state index in [1.807, 2.05) is 0 Å². The van der Waals surface area contributed by atoms with Crippen LogP contribution in [0.5, 0.6) is 0 Å². The number of rotatable bonds is 4. The fraction of sp³-hybridized carbons (Fsp3) is 0.122. The molecule has 2 unspecified atom stereocenters. The quantitative estimate of drug-likeness (QED) is 0.192. The lowest BCUT2D eigenvalue weighted by atomic mass is 9.86. The average Bonchev–Trinajstić information content (AvgIpc) is 3.73. The normalized spacial score (nSPS) is 16.2. The van der Waals surface area contributed by atoms with Crippen molar-refractivity contribution in [2.24, 2.45) is 4.99 Å². The third kappa shape index (κ3) is 5.39. The summed E-state index contributed by atoms with van der Waals surface area (Å²) in [6.07, 6.45) is -0.369. The Kier molecular flexibility index (Phi) is 7.53. The van der Waals surface area contributed by atoms with Gasteiger partial charge in [-0.3, -0.25) is 9.88 Å². The maximum atomic E-state index is 5.35. The predicted octanol–water partition coefficient (Wildman–Crippen LogP) is 11.7. The molecule has 262 valence electrons. The lowest BCUT2D eigenvalue weighted by Gasteiger charge is -2.33. The van der Waals surface area contributed by atoms with Gasteiger partial charge >= 0.3 is 0 Å². The predicted molar refractivity (Wildman–Crippen MR) is 225 cm³/mol. The molecule has 0 aliphatic carbocycles. The number of para-hydroxylation sites is 3. The van der Waals surface area contributed by atoms with E-state index in [0.717, 1.165) is 22.6 Å². The van der Waals surface area contributed by atoms with E-state index in [0.29, 0.717) is 0 Å². The van der Waals surface area contributed by atoms with Crippen molar-refractivity contribution >= 4 is 49.6 Å². The number of hydrogen-bond acceptors (Lipinski definition) is 3. The highest BCUT2D eigenvalue weighted by atomic mass is 15.4. The molecule has 5 heteroatoms. The molecule has 0 saturated heterocycles. The van der Waals surface area contributed by atoms with Gasteiger partial charge in [0, 0.05) is 27.2 Å². The highest BCUT2D eigenvalue weighted by molar-refractivity contribution is 6.15. The summed E-state index contributed by atoms with van der Waals surface area (Å²) in [7, 11) is 0. The Labute approximate surface area is 315 Å². The van der Waals surface area contributed by atoms with Gasteiger partial charge in [-0.15, -0.1) is 0 Å². The summed E-state index contributed by atoms with van der Waals surface area (Å²) >= 11 is 0. The topological polar surface area (TPSA) is 46.3 Å². The van der Waals surface area contributed by atoms with Crippen LogP contribution in [0.3, 0.4) is 0 Å². The van der Waals surface area contributed by atoms with Gasteiger partial charge in [-0.05, 0) is 81.8 Å². The lowest BCUT2D eigenvalue weighted by Crippen LogP contribution is -2.47. The van der Waals surface area contributed by atoms with Crippen LogP contribution >= 0.6 is 0 Å². The maximum Gasteiger partial charge on any atom is 0.206 e. The monoisotopic (exact) mass is 699 g/mol. The Morgan fingerprint density at radius 2 is 1.00 bits per heavy atom. The minimum Gasteiger partial charge on any atom is -0.336 e. The van der Waals surface area contributed by atoms with Crippen molar-refractivity contribution in [1.82, 2.24) is 19.8 Å². The Bertz CT molecular complexity index is 2860. The maximum absolute atomic E-state index is 5.35. The number of hydrogen-bond donors (Lipinski definition) is 2. The van der Waals surface area contributed by atoms with Gasteiger partial charge in [0.15, 0.2) is 0 Å². The molecule has 10 rings (SSSR count). The second kappa shape index (κ2) is 12.6. The van der Waals surface area contributed by atoms with E-state index in [9.17, 15) is 0 Å². The van der Waals surface area contributed by atoms with E-state index >= 15 is 0 Å². The summed E-state index contributed by atoms with van der Waals surface area (Å²) in [5.74, 6) is 0.821. The molecule has 3 heterocycles. The van der Waals surface area contributed by atoms with Crippen LogP contribution in [0.25, 0.3) is 60.4 Å². The summed E-state index contributed by atoms with van der Waals surface area (Å²) in [5.41, 5.74) is 11.9. The van der Waals surface area contributed by atoms with Crippen molar-refractivity contribution in [3.8, 4) is 16.8 Å². The smallest absolute Gasteiger partial charge is 0.206 e. The molecule has 0 bridgehead atoms. The van der Waals surface area contributed by atoms with Crippen molar-refractivity contribution in [3.05, 3.63) is 187 Å². The molecule has 2 N–H and O–H groups in total. The minimum atomic E-state index is -0.227. The lowest BCUT2D eigenvalue weighted by molar-refractivity contribution is 0.403. The van der Waals surface area contributed by atoms with Crippen LogP contribution in [0, 0.1) is 0 Å². The molecule has 5 nitrogen and oxygen atoms in total. The van der Waals surface area contributed by atoms with Gasteiger partial charge in [-0.25, -0.2) is 4.99 Å². The van der Waals surface area contributed by atoms with Gasteiger partial charge in [-0.2, -0.15) is 0 Å². The highest BCUT2D eigenvalue weighted by Gasteiger charge is 2.28. The average molecular weight is 700 g/mol. The Balaban J connectivity index is 1.10. The molecule has 1 aliphatic heterocycles. The van der Waals surface area contributed by atoms with Crippen molar-refractivity contribution in [2.75, 3.05) is 0 Å². The number of aromatic nitrogens is 2. The molecule has 2 atom stereocenters. The molecule has 9 aromatic rings. The zero-order valence-electron chi connectivity index (χ0n) is 30.7. The first kappa shape index (κ1) is 32.2. The Hall–Kier alpha value is -6.43. The molecule has 0 saturated carbocycles. The van der Waals surface area contributed by atoms with Crippen molar-refractivity contribution < 1.29 is 0 Å². The third-order valence-corrected chi connectivity index (χ3v) is 11.0. The molecule has 2 aromatic heterocycles. The first-order chi connectivity index (χ1) is 26.4. The standard InChI is InChI=1S/C49H41N5/c1-49(2,3)36-26-22-33(23-27-36)47-50-46(32-14-6-4-7-15-32)51-48(52-47)54-43-21-13-11-19-39(43)41-31-35(25-29-45(41)54)34-24-28-44-40(30-34)38-18-10-12-20-42(38)53(44)37-16-8-5-9-17-37/h4-31,46-47,50H,1-3H3,(H,51,52). The fourth-order valence-corrected chi connectivity index (χ4v) is 8.20. The number of nitrogens with zero attached hydrogens (tertiary/aromatic N) is 3. The van der Waals surface area contributed by atoms with Crippen LogP contribution in [0.2, 0.25) is 0 Å². The van der Waals surface area contributed by atoms with Crippen molar-refractivity contribution in [1.29, 1.82) is 0 Å². The number of aliphatic imine (C=N–C) groups is 1. The molecule has 0 radical (unpaired) electrons. The summed E-state index contributed by atoms with van der Waals surface area (Å²) in [6, 6.07) is 61.3. The first-order valence-corrected chi connectivity index (χ1v) is 18.8. The Morgan fingerprint density at radius 1 is 0.481 bits per heavy atom. The van der Waals surface area contributed by atoms with E-state index in [1.54, 1.807) is 0 Å². The van der Waals surface area contributed by atoms with Crippen LogP contribution in [0.4, 0.5) is 0 Å². The SMILES string of the molecule is CC(C)(C)c1ccc(C2NC(n3c4ccccc4c4cc(-c5ccc6c(c5)c5ccccc5n6-c5ccccc5)ccc43)=NC(c3ccccc3)N2)cc1. The van der Waals surface area contributed by atoms with Gasteiger partial charge in [-0.1, -0.05) is 142 Å². The molecular formula is C49H41N5. The molecule has 0 fully saturated rings. The highest BCUT2D eigenvalue weighted by Crippen LogP contribution is 2.38. The molecule has 0 amide bonds. The van der Waals surface area contributed by atoms with E-state index in [4.69, 9.17) is 4.99 Å². The molecule has 1 aliphatic rings. The molecule has 7 aromatic carbocycles. The zero-order chi connectivity index (χ0) is 36.4. The second-order valence-corrected chi connectivity index (χ2v) is 15.4. The summed E-state index contributed by atoms with van der Waals surface area (Å²) in [6.45, 7) is 6.77. The van der Waals surface area contributed by atoms with Gasteiger partial charge in [0.2, 0.25) is 5.96 Å². The van der Waals surface area contributed by atoms with Gasteiger partial charge in [0.25, 0.3) is 0 Å². The first-order valence-electron chi connectivity index (χ1n) is 18.8. The largest absolute Gasteiger partial charge is 0.336 e. The molecular weight excluding hydrogens is 659 g/mol. The molecule has 0 spiro atoms. The summed E-state index contributed by atoms with van der Waals surface area (Å²) < 4.78 is 4.67. The van der Waals surface area contributed by atoms with Crippen LogP contribution in [-0.2, 0) is 5.41 Å². The van der Waals surface area contributed by atoms with Crippen molar-refractivity contribution in [3.63, 3.8) is 0 Å². The van der Waals surface area contributed by atoms with Crippen molar-refractivity contribution in [2.45, 2.75) is 38.5 Å². The number of fused-ring (bicyclic) bond motifs is 6. The van der Waals surface area contributed by atoms with E-state index < -0.39 is 0 Å². The second-order valence-electron chi connectivity index (χ2n) is 15.4. The van der Waals surface area contributed by atoms with Crippen LogP contribution in [0.1, 0.15) is 49.8 Å². The van der Waals surface area contributed by atoms with Gasteiger partial charge in [0.05, 0.1) is 22.1 Å². The van der Waals surface area contributed by atoms with E-state index in [2.05, 4.69) is 210 Å². The van der Waals surface area contributed by atoms with Gasteiger partial charge < -0.3 is 9.88 Å². The van der Waals surface area contributed by atoms with E-state index in [-0.39, 0.29) is 17.7 Å². The van der Waals surface area contributed by atoms with Crippen LogP contribution < -0.4 is 10.6 Å². The zero-order valence-corrected chi connectivity index (χ0v) is 30.7. The minimum absolute atomic E-state index is 0.0831. The van der Waals surface area contributed by atoms with E-state index in [1.165, 1.54) is 60.5 Å².